The molecule has 3 aromatic rings. The van der Waals surface area contributed by atoms with Crippen LogP contribution in [0, 0.1) is 29.5 Å². The van der Waals surface area contributed by atoms with E-state index >= 15 is 4.39 Å². The van der Waals surface area contributed by atoms with Crippen LogP contribution in [0.4, 0.5) is 8.78 Å². The van der Waals surface area contributed by atoms with E-state index in [0.717, 1.165) is 24.0 Å². The number of aromatic nitrogens is 1. The van der Waals surface area contributed by atoms with Crippen molar-refractivity contribution in [3.05, 3.63) is 58.2 Å². The Balaban J connectivity index is 1.42. The number of carbonyl (C=O) groups is 1. The van der Waals surface area contributed by atoms with Gasteiger partial charge in [-0.05, 0) is 67.3 Å². The monoisotopic (exact) mass is 498 g/mol. The number of halogens is 2. The maximum atomic E-state index is 15.4. The highest BCUT2D eigenvalue weighted by Gasteiger charge is 2.31. The molecule has 35 heavy (non-hydrogen) atoms. The number of nitrogens with zero attached hydrogens (tertiary/aromatic N) is 2. The van der Waals surface area contributed by atoms with Crippen molar-refractivity contribution in [1.82, 2.24) is 9.88 Å². The Bertz CT molecular complexity index is 1220. The third-order valence-electron chi connectivity index (χ3n) is 6.62. The summed E-state index contributed by atoms with van der Waals surface area (Å²) >= 11 is 1.59. The predicted octanol–water partition coefficient (Wildman–Crippen LogP) is 5.70. The number of ether oxygens (including phenoxy) is 1. The lowest BCUT2D eigenvalue weighted by Gasteiger charge is -2.37. The Hall–Kier alpha value is -3.02. The highest BCUT2D eigenvalue weighted by Crippen LogP contribution is 2.37. The molecule has 3 heterocycles. The van der Waals surface area contributed by atoms with Crippen molar-refractivity contribution in [1.29, 1.82) is 0 Å². The summed E-state index contributed by atoms with van der Waals surface area (Å²) in [5, 5.41) is 11.8. The summed E-state index contributed by atoms with van der Waals surface area (Å²) in [6.45, 7) is 1.96. The van der Waals surface area contributed by atoms with Crippen molar-refractivity contribution in [3.8, 4) is 17.6 Å². The predicted molar refractivity (Wildman–Crippen MR) is 133 cm³/mol. The molecule has 1 aromatic carbocycles. The molecule has 3 unspecified atom stereocenters. The molecule has 5 nitrogen and oxygen atoms in total. The molecular formula is C27H28F2N2O3S. The van der Waals surface area contributed by atoms with Gasteiger partial charge in [-0.15, -0.1) is 11.3 Å². The van der Waals surface area contributed by atoms with Gasteiger partial charge in [0.2, 0.25) is 0 Å². The molecule has 1 N–H and O–H groups in total. The average Bonchev–Trinajstić information content (AvgIpc) is 3.36. The first-order valence-electron chi connectivity index (χ1n) is 11.7. The van der Waals surface area contributed by atoms with Gasteiger partial charge in [-0.2, -0.15) is 0 Å². The first-order chi connectivity index (χ1) is 16.9. The zero-order valence-electron chi connectivity index (χ0n) is 19.5. The van der Waals surface area contributed by atoms with Crippen LogP contribution >= 0.6 is 11.3 Å². The van der Waals surface area contributed by atoms with E-state index in [-0.39, 0.29) is 30.2 Å². The zero-order valence-corrected chi connectivity index (χ0v) is 20.4. The number of methoxy groups -OCH3 is 1. The van der Waals surface area contributed by atoms with Gasteiger partial charge >= 0.3 is 5.97 Å². The van der Waals surface area contributed by atoms with Crippen molar-refractivity contribution in [2.24, 2.45) is 11.8 Å². The number of hydrogen-bond acceptors (Lipinski definition) is 5. The molecule has 4 rings (SSSR count). The summed E-state index contributed by atoms with van der Waals surface area (Å²) in [6, 6.07) is 8.92. The number of carboxylic acids is 1. The molecule has 2 aromatic heterocycles. The number of carboxylic acid groups (broad SMARTS) is 1. The lowest BCUT2D eigenvalue weighted by atomic mass is 9.79. The van der Waals surface area contributed by atoms with Gasteiger partial charge in [-0.1, -0.05) is 17.9 Å². The van der Waals surface area contributed by atoms with Crippen molar-refractivity contribution in [2.75, 3.05) is 26.7 Å². The molecule has 0 saturated carbocycles. The van der Waals surface area contributed by atoms with E-state index in [1.807, 2.05) is 17.5 Å². The molecule has 8 heteroatoms. The number of hydrogen-bond donors (Lipinski definition) is 1. The SMILES string of the molecule is COc1ccc2ncc(F)c(C(F)CCC3CCN(CC#Cc4cccs4)CC3CC(=O)O)c2c1. The van der Waals surface area contributed by atoms with Gasteiger partial charge in [-0.3, -0.25) is 14.7 Å². The number of likely N-dealkylation sites (tertiary alicyclic amines) is 1. The van der Waals surface area contributed by atoms with E-state index in [2.05, 4.69) is 21.7 Å². The minimum absolute atomic E-state index is 0.00929. The second kappa shape index (κ2) is 11.6. The molecule has 0 aliphatic carbocycles. The fraction of sp³-hybridized carbons (Fsp3) is 0.407. The van der Waals surface area contributed by atoms with Gasteiger partial charge in [-0.25, -0.2) is 8.78 Å². The third-order valence-corrected chi connectivity index (χ3v) is 7.41. The lowest BCUT2D eigenvalue weighted by molar-refractivity contribution is -0.139. The molecule has 3 atom stereocenters. The normalized spacial score (nSPS) is 19.2. The minimum atomic E-state index is -1.52. The van der Waals surface area contributed by atoms with E-state index in [1.54, 1.807) is 29.5 Å². The van der Waals surface area contributed by atoms with Gasteiger partial charge in [0.05, 0.1) is 30.2 Å². The smallest absolute Gasteiger partial charge is 0.303 e. The number of piperidine rings is 1. The number of fused-ring (bicyclic) bond motifs is 1. The standard InChI is InChI=1S/C27H28F2N2O3S/c1-34-20-7-9-25-22(15-20)27(24(29)16-30-25)23(28)8-6-18-10-12-31(17-19(18)14-26(32)33)11-2-4-21-5-3-13-35-21/h3,5,7,9,13,15-16,18-19,23H,6,8,10-12,14,17H2,1H3,(H,32,33). The Morgan fingerprint density at radius 2 is 2.23 bits per heavy atom. The van der Waals surface area contributed by atoms with Crippen LogP contribution in [0.2, 0.25) is 0 Å². The van der Waals surface area contributed by atoms with E-state index in [4.69, 9.17) is 4.74 Å². The molecule has 1 aliphatic heterocycles. The van der Waals surface area contributed by atoms with Crippen LogP contribution in [0.15, 0.2) is 41.9 Å². The molecule has 0 amide bonds. The quantitative estimate of drug-likeness (QED) is 0.404. The maximum absolute atomic E-state index is 15.4. The van der Waals surface area contributed by atoms with Gasteiger partial charge in [0.15, 0.2) is 0 Å². The number of alkyl halides is 1. The fourth-order valence-corrected chi connectivity index (χ4v) is 5.43. The maximum Gasteiger partial charge on any atom is 0.303 e. The first-order valence-corrected chi connectivity index (χ1v) is 12.5. The summed E-state index contributed by atoms with van der Waals surface area (Å²) in [4.78, 5) is 18.7. The van der Waals surface area contributed by atoms with Crippen LogP contribution in [-0.2, 0) is 4.79 Å². The summed E-state index contributed by atoms with van der Waals surface area (Å²) < 4.78 is 35.3. The van der Waals surface area contributed by atoms with Gasteiger partial charge in [0, 0.05) is 23.9 Å². The molecule has 0 spiro atoms. The van der Waals surface area contributed by atoms with E-state index in [1.165, 1.54) is 7.11 Å². The Labute approximate surface area is 207 Å². The number of benzene rings is 1. The molecule has 1 fully saturated rings. The molecule has 1 saturated heterocycles. The van der Waals surface area contributed by atoms with Crippen LogP contribution in [-0.4, -0.2) is 47.7 Å². The van der Waals surface area contributed by atoms with E-state index in [0.29, 0.717) is 36.2 Å². The van der Waals surface area contributed by atoms with Crippen LogP contribution < -0.4 is 4.74 Å². The second-order valence-electron chi connectivity index (χ2n) is 8.87. The number of aliphatic carboxylic acids is 1. The number of thiophene rings is 1. The summed E-state index contributed by atoms with van der Waals surface area (Å²) in [5.74, 6) is 5.23. The highest BCUT2D eigenvalue weighted by molar-refractivity contribution is 7.10. The summed E-state index contributed by atoms with van der Waals surface area (Å²) in [6.07, 6.45) is 0.930. The van der Waals surface area contributed by atoms with Crippen molar-refractivity contribution < 1.29 is 23.4 Å². The van der Waals surface area contributed by atoms with Crippen LogP contribution in [0.25, 0.3) is 10.9 Å². The van der Waals surface area contributed by atoms with E-state index in [9.17, 15) is 14.3 Å². The first kappa shape index (κ1) is 25.1. The van der Waals surface area contributed by atoms with Crippen molar-refractivity contribution in [2.45, 2.75) is 31.9 Å². The van der Waals surface area contributed by atoms with Gasteiger partial charge < -0.3 is 9.84 Å². The molecule has 184 valence electrons. The average molecular weight is 499 g/mol. The zero-order chi connectivity index (χ0) is 24.8. The minimum Gasteiger partial charge on any atom is -0.497 e. The van der Waals surface area contributed by atoms with Crippen molar-refractivity contribution >= 4 is 28.2 Å². The largest absolute Gasteiger partial charge is 0.497 e. The summed E-state index contributed by atoms with van der Waals surface area (Å²) in [5.41, 5.74) is 0.496. The number of pyridine rings is 1. The molecule has 0 bridgehead atoms. The van der Waals surface area contributed by atoms with Crippen LogP contribution in [0.3, 0.4) is 0 Å². The Morgan fingerprint density at radius 3 is 2.97 bits per heavy atom. The molecule has 1 aliphatic rings. The third kappa shape index (κ3) is 6.36. The molecule has 0 radical (unpaired) electrons. The van der Waals surface area contributed by atoms with Gasteiger partial charge in [0.25, 0.3) is 0 Å². The van der Waals surface area contributed by atoms with Crippen LogP contribution in [0.5, 0.6) is 5.75 Å². The summed E-state index contributed by atoms with van der Waals surface area (Å²) in [7, 11) is 1.50. The highest BCUT2D eigenvalue weighted by atomic mass is 32.1. The van der Waals surface area contributed by atoms with Gasteiger partial charge in [0.1, 0.15) is 17.7 Å². The Kier molecular flexibility index (Phi) is 8.32. The fourth-order valence-electron chi connectivity index (χ4n) is 4.84. The Morgan fingerprint density at radius 1 is 1.37 bits per heavy atom. The van der Waals surface area contributed by atoms with Crippen molar-refractivity contribution in [3.63, 3.8) is 0 Å². The topological polar surface area (TPSA) is 62.7 Å². The lowest BCUT2D eigenvalue weighted by Crippen LogP contribution is -2.41. The van der Waals surface area contributed by atoms with Crippen LogP contribution in [0.1, 0.15) is 42.3 Å². The van der Waals surface area contributed by atoms with E-state index < -0.39 is 18.0 Å². The number of rotatable bonds is 8. The molecular weight excluding hydrogens is 470 g/mol. The second-order valence-corrected chi connectivity index (χ2v) is 9.82.